The second kappa shape index (κ2) is 8.27. The Morgan fingerprint density at radius 3 is 2.28 bits per heavy atom. The van der Waals surface area contributed by atoms with E-state index in [0.717, 1.165) is 18.4 Å². The Kier molecular flexibility index (Phi) is 6.30. The molecule has 2 aliphatic heterocycles. The lowest BCUT2D eigenvalue weighted by atomic mass is 9.74. The van der Waals surface area contributed by atoms with Crippen molar-refractivity contribution < 1.29 is 19.4 Å². The predicted molar refractivity (Wildman–Crippen MR) is 114 cm³/mol. The summed E-state index contributed by atoms with van der Waals surface area (Å²) in [7, 11) is 0. The van der Waals surface area contributed by atoms with Gasteiger partial charge < -0.3 is 19.5 Å². The third-order valence-corrected chi connectivity index (χ3v) is 6.56. The van der Waals surface area contributed by atoms with Gasteiger partial charge in [0.25, 0.3) is 0 Å². The third-order valence-electron chi connectivity index (χ3n) is 6.56. The molecule has 0 aliphatic carbocycles. The molecule has 1 aromatic carbocycles. The van der Waals surface area contributed by atoms with Gasteiger partial charge in [-0.2, -0.15) is 0 Å². The minimum atomic E-state index is -0.821. The summed E-state index contributed by atoms with van der Waals surface area (Å²) < 4.78 is 11.1. The van der Waals surface area contributed by atoms with Crippen LogP contribution in [0.1, 0.15) is 80.2 Å². The molecule has 0 atom stereocenters. The van der Waals surface area contributed by atoms with Crippen LogP contribution in [0.4, 0.5) is 4.79 Å². The summed E-state index contributed by atoms with van der Waals surface area (Å²) in [5.41, 5.74) is 4.82. The quantitative estimate of drug-likeness (QED) is 0.776. The molecule has 2 aliphatic rings. The predicted octanol–water partition coefficient (Wildman–Crippen LogP) is 4.72. The van der Waals surface area contributed by atoms with Crippen LogP contribution in [-0.2, 0) is 15.1 Å². The van der Waals surface area contributed by atoms with E-state index in [1.165, 1.54) is 22.3 Å². The fourth-order valence-electron chi connectivity index (χ4n) is 4.71. The minimum Gasteiger partial charge on any atom is -0.444 e. The number of aliphatic hydroxyl groups is 1. The normalized spacial score (nSPS) is 20.6. The SMILES string of the molecule is Cc1cc(C2CCN(C(=O)OC(C)(C)C)CC2)c(C2(O)CCOCC2)c(C)c1C. The van der Waals surface area contributed by atoms with E-state index in [0.29, 0.717) is 45.1 Å². The molecule has 162 valence electrons. The molecule has 0 radical (unpaired) electrons. The minimum absolute atomic E-state index is 0.226. The maximum Gasteiger partial charge on any atom is 0.410 e. The molecule has 2 heterocycles. The Hall–Kier alpha value is -1.59. The molecule has 1 aromatic rings. The smallest absolute Gasteiger partial charge is 0.410 e. The lowest BCUT2D eigenvalue weighted by molar-refractivity contribution is -0.0691. The van der Waals surface area contributed by atoms with E-state index in [2.05, 4.69) is 26.8 Å². The van der Waals surface area contributed by atoms with Gasteiger partial charge in [-0.15, -0.1) is 0 Å². The van der Waals surface area contributed by atoms with Crippen molar-refractivity contribution in [2.24, 2.45) is 0 Å². The highest BCUT2D eigenvalue weighted by Gasteiger charge is 2.38. The van der Waals surface area contributed by atoms with Crippen LogP contribution < -0.4 is 0 Å². The van der Waals surface area contributed by atoms with Crippen molar-refractivity contribution >= 4 is 6.09 Å². The molecule has 0 unspecified atom stereocenters. The van der Waals surface area contributed by atoms with Gasteiger partial charge >= 0.3 is 6.09 Å². The van der Waals surface area contributed by atoms with Gasteiger partial charge in [-0.3, -0.25) is 0 Å². The number of likely N-dealkylation sites (tertiary alicyclic amines) is 1. The molecule has 0 aromatic heterocycles. The van der Waals surface area contributed by atoms with Gasteiger partial charge in [-0.1, -0.05) is 6.07 Å². The average molecular weight is 404 g/mol. The number of carbonyl (C=O) groups excluding carboxylic acids is 1. The standard InChI is InChI=1S/C24H37NO4/c1-16-15-20(19-7-11-25(12-8-19)22(26)29-23(4,5)6)21(18(3)17(16)2)24(27)9-13-28-14-10-24/h15,19,27H,7-14H2,1-6H3. The molecule has 1 amide bonds. The number of aryl methyl sites for hydroxylation is 1. The summed E-state index contributed by atoms with van der Waals surface area (Å²) in [6.45, 7) is 14.7. The van der Waals surface area contributed by atoms with Gasteiger partial charge in [0.05, 0.1) is 5.60 Å². The first-order valence-electron chi connectivity index (χ1n) is 10.9. The Balaban J connectivity index is 1.85. The van der Waals surface area contributed by atoms with Crippen molar-refractivity contribution in [1.29, 1.82) is 0 Å². The molecule has 5 heteroatoms. The number of carbonyl (C=O) groups is 1. The van der Waals surface area contributed by atoms with Crippen LogP contribution in [-0.4, -0.2) is 48.0 Å². The highest BCUT2D eigenvalue weighted by Crippen LogP contribution is 2.43. The van der Waals surface area contributed by atoms with Crippen molar-refractivity contribution in [1.82, 2.24) is 4.90 Å². The van der Waals surface area contributed by atoms with Crippen molar-refractivity contribution in [2.45, 2.75) is 84.3 Å². The number of hydrogen-bond acceptors (Lipinski definition) is 4. The summed E-state index contributed by atoms with van der Waals surface area (Å²) in [5, 5.41) is 11.6. The molecular formula is C24H37NO4. The number of nitrogens with zero attached hydrogens (tertiary/aromatic N) is 1. The molecule has 3 rings (SSSR count). The van der Waals surface area contributed by atoms with Crippen molar-refractivity contribution in [3.8, 4) is 0 Å². The van der Waals surface area contributed by atoms with Crippen LogP contribution in [0.5, 0.6) is 0 Å². The maximum atomic E-state index is 12.4. The molecule has 0 spiro atoms. The van der Waals surface area contributed by atoms with E-state index >= 15 is 0 Å². The number of piperidine rings is 1. The second-order valence-electron chi connectivity index (χ2n) is 9.79. The van der Waals surface area contributed by atoms with Gasteiger partial charge in [-0.25, -0.2) is 4.79 Å². The monoisotopic (exact) mass is 403 g/mol. The zero-order chi connectivity index (χ0) is 21.4. The van der Waals surface area contributed by atoms with Crippen molar-refractivity contribution in [3.63, 3.8) is 0 Å². The highest BCUT2D eigenvalue weighted by molar-refractivity contribution is 5.68. The van der Waals surface area contributed by atoms with Gasteiger partial charge in [0, 0.05) is 39.1 Å². The third kappa shape index (κ3) is 4.77. The lowest BCUT2D eigenvalue weighted by Gasteiger charge is -2.39. The molecule has 1 N–H and O–H groups in total. The summed E-state index contributed by atoms with van der Waals surface area (Å²) in [5.74, 6) is 0.341. The van der Waals surface area contributed by atoms with Gasteiger partial charge in [-0.05, 0) is 88.1 Å². The molecule has 0 saturated carbocycles. The molecule has 2 fully saturated rings. The zero-order valence-electron chi connectivity index (χ0n) is 18.9. The molecule has 0 bridgehead atoms. The molecule has 29 heavy (non-hydrogen) atoms. The summed E-state index contributed by atoms with van der Waals surface area (Å²) in [6.07, 6.45) is 2.83. The largest absolute Gasteiger partial charge is 0.444 e. The van der Waals surface area contributed by atoms with E-state index in [1.54, 1.807) is 0 Å². The van der Waals surface area contributed by atoms with Gasteiger partial charge in [0.1, 0.15) is 5.60 Å². The van der Waals surface area contributed by atoms with E-state index in [1.807, 2.05) is 25.7 Å². The lowest BCUT2D eigenvalue weighted by Crippen LogP contribution is -2.42. The van der Waals surface area contributed by atoms with Crippen LogP contribution in [0.15, 0.2) is 6.07 Å². The zero-order valence-corrected chi connectivity index (χ0v) is 18.9. The van der Waals surface area contributed by atoms with Crippen molar-refractivity contribution in [3.05, 3.63) is 33.9 Å². The highest BCUT2D eigenvalue weighted by atomic mass is 16.6. The van der Waals surface area contributed by atoms with E-state index in [9.17, 15) is 9.90 Å². The second-order valence-corrected chi connectivity index (χ2v) is 9.79. The summed E-state index contributed by atoms with van der Waals surface area (Å²) >= 11 is 0. The maximum absolute atomic E-state index is 12.4. The summed E-state index contributed by atoms with van der Waals surface area (Å²) in [4.78, 5) is 14.2. The molecule has 5 nitrogen and oxygen atoms in total. The van der Waals surface area contributed by atoms with Crippen LogP contribution >= 0.6 is 0 Å². The topological polar surface area (TPSA) is 59.0 Å². The fraction of sp³-hybridized carbons (Fsp3) is 0.708. The van der Waals surface area contributed by atoms with Gasteiger partial charge in [0.15, 0.2) is 0 Å². The number of rotatable bonds is 2. The Morgan fingerprint density at radius 2 is 1.72 bits per heavy atom. The van der Waals surface area contributed by atoms with Crippen LogP contribution in [0.3, 0.4) is 0 Å². The Bertz CT molecular complexity index is 751. The van der Waals surface area contributed by atoms with Crippen LogP contribution in [0, 0.1) is 20.8 Å². The molecule has 2 saturated heterocycles. The van der Waals surface area contributed by atoms with Crippen LogP contribution in [0.2, 0.25) is 0 Å². The fourth-order valence-corrected chi connectivity index (χ4v) is 4.71. The van der Waals surface area contributed by atoms with Gasteiger partial charge in [0.2, 0.25) is 0 Å². The number of amides is 1. The average Bonchev–Trinajstić information content (AvgIpc) is 2.65. The first kappa shape index (κ1) is 22.1. The van der Waals surface area contributed by atoms with Crippen LogP contribution in [0.25, 0.3) is 0 Å². The van der Waals surface area contributed by atoms with E-state index in [4.69, 9.17) is 9.47 Å². The number of hydrogen-bond donors (Lipinski definition) is 1. The summed E-state index contributed by atoms with van der Waals surface area (Å²) in [6, 6.07) is 2.28. The first-order chi connectivity index (χ1) is 13.5. The molecular weight excluding hydrogens is 366 g/mol. The first-order valence-corrected chi connectivity index (χ1v) is 10.9. The number of ether oxygens (including phenoxy) is 2. The number of benzene rings is 1. The Labute approximate surface area is 175 Å². The Morgan fingerprint density at radius 1 is 1.14 bits per heavy atom. The van der Waals surface area contributed by atoms with E-state index in [-0.39, 0.29) is 6.09 Å². The van der Waals surface area contributed by atoms with Crippen molar-refractivity contribution in [2.75, 3.05) is 26.3 Å². The van der Waals surface area contributed by atoms with E-state index < -0.39 is 11.2 Å².